The van der Waals surface area contributed by atoms with Gasteiger partial charge in [0.1, 0.15) is 5.56 Å². The minimum atomic E-state index is -0.696. The van der Waals surface area contributed by atoms with Crippen molar-refractivity contribution >= 4 is 44.7 Å². The molecule has 0 saturated carbocycles. The molecule has 0 bridgehead atoms. The van der Waals surface area contributed by atoms with Gasteiger partial charge in [-0.1, -0.05) is 29.5 Å². The van der Waals surface area contributed by atoms with E-state index in [-0.39, 0.29) is 17.2 Å². The number of nitrogens with zero attached hydrogens (tertiary/aromatic N) is 3. The first-order valence-electron chi connectivity index (χ1n) is 8.25. The van der Waals surface area contributed by atoms with Gasteiger partial charge in [-0.15, -0.1) is 6.58 Å². The summed E-state index contributed by atoms with van der Waals surface area (Å²) in [5.74, 6) is -0.884. The molecule has 2 amide bonds. The second-order valence-electron chi connectivity index (χ2n) is 5.84. The molecule has 0 aliphatic carbocycles. The molecule has 0 radical (unpaired) electrons. The number of nitro benzene ring substituents is 1. The summed E-state index contributed by atoms with van der Waals surface area (Å²) in [5, 5.41) is 13.9. The summed E-state index contributed by atoms with van der Waals surface area (Å²) >= 11 is 1.25. The number of carbonyl (C=O) groups is 2. The van der Waals surface area contributed by atoms with Gasteiger partial charge in [0.15, 0.2) is 4.80 Å². The normalized spacial score (nSPS) is 11.4. The van der Waals surface area contributed by atoms with E-state index >= 15 is 0 Å². The molecule has 0 saturated heterocycles. The largest absolute Gasteiger partial charge is 0.326 e. The molecule has 0 aliphatic heterocycles. The summed E-state index contributed by atoms with van der Waals surface area (Å²) < 4.78 is 2.60. The van der Waals surface area contributed by atoms with Crippen LogP contribution in [0.4, 0.5) is 11.4 Å². The van der Waals surface area contributed by atoms with Gasteiger partial charge in [0, 0.05) is 25.2 Å². The van der Waals surface area contributed by atoms with Crippen LogP contribution in [0.15, 0.2) is 60.1 Å². The fourth-order valence-corrected chi connectivity index (χ4v) is 3.78. The average molecular weight is 396 g/mol. The van der Waals surface area contributed by atoms with E-state index < -0.39 is 10.8 Å². The number of rotatable bonds is 5. The molecule has 0 unspecified atom stereocenters. The highest BCUT2D eigenvalue weighted by molar-refractivity contribution is 7.16. The van der Waals surface area contributed by atoms with Gasteiger partial charge in [0.2, 0.25) is 5.91 Å². The van der Waals surface area contributed by atoms with E-state index in [0.29, 0.717) is 17.0 Å². The van der Waals surface area contributed by atoms with Gasteiger partial charge in [0.05, 0.1) is 15.1 Å². The number of allylic oxidation sites excluding steroid dienone is 1. The Balaban J connectivity index is 2.14. The topological polar surface area (TPSA) is 107 Å². The molecule has 2 aromatic carbocycles. The quantitative estimate of drug-likeness (QED) is 0.405. The Hall–Kier alpha value is -3.59. The molecule has 0 atom stereocenters. The number of nitrogens with one attached hydrogen (secondary N) is 1. The van der Waals surface area contributed by atoms with Crippen molar-refractivity contribution < 1.29 is 14.5 Å². The summed E-state index contributed by atoms with van der Waals surface area (Å²) in [6, 6.07) is 11.1. The molecule has 3 aromatic rings. The van der Waals surface area contributed by atoms with Crippen molar-refractivity contribution in [3.05, 3.63) is 75.6 Å². The molecule has 0 spiro atoms. The van der Waals surface area contributed by atoms with Crippen molar-refractivity contribution in [1.29, 1.82) is 0 Å². The number of aromatic nitrogens is 1. The monoisotopic (exact) mass is 396 g/mol. The maximum Gasteiger partial charge on any atom is 0.286 e. The summed E-state index contributed by atoms with van der Waals surface area (Å²) in [7, 11) is 0. The Kier molecular flexibility index (Phi) is 5.46. The summed E-state index contributed by atoms with van der Waals surface area (Å²) in [6.45, 7) is 5.55. The highest BCUT2D eigenvalue weighted by Crippen LogP contribution is 2.23. The zero-order chi connectivity index (χ0) is 20.3. The van der Waals surface area contributed by atoms with Crippen LogP contribution in [0.25, 0.3) is 10.2 Å². The number of thiazole rings is 1. The van der Waals surface area contributed by atoms with Gasteiger partial charge in [0.25, 0.3) is 11.6 Å². The molecule has 1 aromatic heterocycles. The molecule has 142 valence electrons. The zero-order valence-electron chi connectivity index (χ0n) is 14.9. The molecular weight excluding hydrogens is 380 g/mol. The van der Waals surface area contributed by atoms with Crippen LogP contribution in [0.1, 0.15) is 17.3 Å². The number of hydrogen-bond acceptors (Lipinski definition) is 5. The van der Waals surface area contributed by atoms with Crippen LogP contribution >= 0.6 is 11.3 Å². The fraction of sp³-hybridized carbons (Fsp3) is 0.105. The predicted molar refractivity (Wildman–Crippen MR) is 107 cm³/mol. The predicted octanol–water partition coefficient (Wildman–Crippen LogP) is 3.50. The van der Waals surface area contributed by atoms with Crippen molar-refractivity contribution in [2.45, 2.75) is 13.5 Å². The first-order chi connectivity index (χ1) is 13.4. The Morgan fingerprint density at radius 2 is 2.07 bits per heavy atom. The Labute approximate surface area is 163 Å². The molecular formula is C19H16N4O4S. The van der Waals surface area contributed by atoms with E-state index in [1.165, 1.54) is 36.5 Å². The van der Waals surface area contributed by atoms with Crippen molar-refractivity contribution in [1.82, 2.24) is 4.57 Å². The first-order valence-corrected chi connectivity index (χ1v) is 9.06. The number of para-hydroxylation sites is 1. The number of fused-ring (bicyclic) bond motifs is 1. The molecule has 8 nitrogen and oxygen atoms in total. The SMILES string of the molecule is C=CCn1c(=NC(=O)c2ccccc2[N+](=O)[O-])sc2cc(NC(C)=O)ccc21. The average Bonchev–Trinajstić information content (AvgIpc) is 2.98. The Bertz CT molecular complexity index is 1180. The lowest BCUT2D eigenvalue weighted by molar-refractivity contribution is -0.385. The third-order valence-electron chi connectivity index (χ3n) is 3.84. The first kappa shape index (κ1) is 19.2. The third-order valence-corrected chi connectivity index (χ3v) is 4.88. The van der Waals surface area contributed by atoms with E-state index in [9.17, 15) is 19.7 Å². The second-order valence-corrected chi connectivity index (χ2v) is 6.85. The van der Waals surface area contributed by atoms with Gasteiger partial charge in [-0.25, -0.2) is 0 Å². The van der Waals surface area contributed by atoms with Crippen molar-refractivity contribution in [3.63, 3.8) is 0 Å². The van der Waals surface area contributed by atoms with Gasteiger partial charge in [-0.2, -0.15) is 4.99 Å². The van der Waals surface area contributed by atoms with Crippen LogP contribution in [0.3, 0.4) is 0 Å². The molecule has 1 heterocycles. The second kappa shape index (κ2) is 7.97. The molecule has 28 heavy (non-hydrogen) atoms. The maximum absolute atomic E-state index is 12.6. The van der Waals surface area contributed by atoms with E-state index in [1.54, 1.807) is 28.8 Å². The maximum atomic E-state index is 12.6. The molecule has 3 rings (SSSR count). The number of hydrogen-bond donors (Lipinski definition) is 1. The van der Waals surface area contributed by atoms with Gasteiger partial charge in [-0.3, -0.25) is 19.7 Å². The minimum absolute atomic E-state index is 0.0750. The van der Waals surface area contributed by atoms with Crippen LogP contribution in [0.5, 0.6) is 0 Å². The number of carbonyl (C=O) groups excluding carboxylic acids is 2. The number of amides is 2. The van der Waals surface area contributed by atoms with Crippen molar-refractivity contribution in [3.8, 4) is 0 Å². The Morgan fingerprint density at radius 3 is 2.75 bits per heavy atom. The van der Waals surface area contributed by atoms with Gasteiger partial charge in [-0.05, 0) is 24.3 Å². The standard InChI is InChI=1S/C19H16N4O4S/c1-3-10-22-16-9-8-13(20-12(2)24)11-17(16)28-19(22)21-18(25)14-6-4-5-7-15(14)23(26)27/h3-9,11H,1,10H2,2H3,(H,20,24). The zero-order valence-corrected chi connectivity index (χ0v) is 15.7. The number of anilines is 1. The van der Waals surface area contributed by atoms with Crippen molar-refractivity contribution in [2.75, 3.05) is 5.32 Å². The van der Waals surface area contributed by atoms with E-state index in [4.69, 9.17) is 0 Å². The number of nitro groups is 1. The van der Waals surface area contributed by atoms with E-state index in [2.05, 4.69) is 16.9 Å². The van der Waals surface area contributed by atoms with E-state index in [1.807, 2.05) is 6.07 Å². The van der Waals surface area contributed by atoms with Gasteiger partial charge >= 0.3 is 0 Å². The summed E-state index contributed by atoms with van der Waals surface area (Å²) in [6.07, 6.45) is 1.67. The fourth-order valence-electron chi connectivity index (χ4n) is 2.71. The van der Waals surface area contributed by atoms with Crippen LogP contribution in [-0.4, -0.2) is 21.3 Å². The minimum Gasteiger partial charge on any atom is -0.326 e. The molecule has 0 aliphatic rings. The lowest BCUT2D eigenvalue weighted by Crippen LogP contribution is -2.16. The Morgan fingerprint density at radius 1 is 1.32 bits per heavy atom. The lowest BCUT2D eigenvalue weighted by Gasteiger charge is -2.04. The van der Waals surface area contributed by atoms with Gasteiger partial charge < -0.3 is 9.88 Å². The molecule has 9 heteroatoms. The van der Waals surface area contributed by atoms with E-state index in [0.717, 1.165) is 10.2 Å². The smallest absolute Gasteiger partial charge is 0.286 e. The molecule has 1 N–H and O–H groups in total. The highest BCUT2D eigenvalue weighted by Gasteiger charge is 2.19. The third kappa shape index (κ3) is 3.89. The number of benzene rings is 2. The van der Waals surface area contributed by atoms with Crippen LogP contribution in [0.2, 0.25) is 0 Å². The highest BCUT2D eigenvalue weighted by atomic mass is 32.1. The summed E-state index contributed by atoms with van der Waals surface area (Å²) in [5.41, 5.74) is 1.08. The van der Waals surface area contributed by atoms with Crippen LogP contribution < -0.4 is 10.1 Å². The van der Waals surface area contributed by atoms with Crippen LogP contribution in [0, 0.1) is 10.1 Å². The molecule has 0 fully saturated rings. The van der Waals surface area contributed by atoms with Crippen LogP contribution in [-0.2, 0) is 11.3 Å². The lowest BCUT2D eigenvalue weighted by atomic mass is 10.2. The summed E-state index contributed by atoms with van der Waals surface area (Å²) in [4.78, 5) is 39.0. The van der Waals surface area contributed by atoms with Crippen molar-refractivity contribution in [2.24, 2.45) is 4.99 Å².